The molecular weight excluding hydrogens is 447 g/mol. The molecule has 1 fully saturated rings. The largest absolute Gasteiger partial charge is 0.482 e. The van der Waals surface area contributed by atoms with Crippen molar-refractivity contribution in [3.8, 4) is 17.0 Å². The Kier molecular flexibility index (Phi) is 7.12. The minimum atomic E-state index is -0.0855. The number of ether oxygens (including phenoxy) is 1. The molecular formula is C24H24Cl2N4O2. The molecule has 0 atom stereocenters. The van der Waals surface area contributed by atoms with E-state index < -0.39 is 0 Å². The molecule has 0 saturated carbocycles. The lowest BCUT2D eigenvalue weighted by Crippen LogP contribution is -2.50. The third-order valence-electron chi connectivity index (χ3n) is 5.51. The Hall–Kier alpha value is -2.83. The summed E-state index contributed by atoms with van der Waals surface area (Å²) in [6.45, 7) is 4.61. The van der Waals surface area contributed by atoms with Crippen LogP contribution in [0.15, 0.2) is 54.6 Å². The van der Waals surface area contributed by atoms with Crippen LogP contribution in [0.2, 0.25) is 10.0 Å². The molecule has 32 heavy (non-hydrogen) atoms. The van der Waals surface area contributed by atoms with Crippen LogP contribution in [0.3, 0.4) is 0 Å². The summed E-state index contributed by atoms with van der Waals surface area (Å²) in [6.07, 6.45) is 1.01. The van der Waals surface area contributed by atoms with Gasteiger partial charge in [-0.2, -0.15) is 0 Å². The van der Waals surface area contributed by atoms with Crippen molar-refractivity contribution in [3.63, 3.8) is 0 Å². The van der Waals surface area contributed by atoms with Crippen molar-refractivity contribution in [2.45, 2.75) is 13.3 Å². The topological polar surface area (TPSA) is 58.6 Å². The van der Waals surface area contributed by atoms with Crippen LogP contribution in [0, 0.1) is 0 Å². The number of anilines is 1. The smallest absolute Gasteiger partial charge is 0.260 e. The number of aromatic nitrogens is 2. The van der Waals surface area contributed by atoms with E-state index in [-0.39, 0.29) is 12.5 Å². The second-order valence-electron chi connectivity index (χ2n) is 7.56. The van der Waals surface area contributed by atoms with Gasteiger partial charge in [-0.05, 0) is 36.2 Å². The number of hydrogen-bond acceptors (Lipinski definition) is 5. The van der Waals surface area contributed by atoms with E-state index >= 15 is 0 Å². The van der Waals surface area contributed by atoms with E-state index in [4.69, 9.17) is 27.9 Å². The summed E-state index contributed by atoms with van der Waals surface area (Å²) >= 11 is 12.0. The molecule has 166 valence electrons. The van der Waals surface area contributed by atoms with Crippen LogP contribution >= 0.6 is 23.2 Å². The second kappa shape index (κ2) is 10.2. The van der Waals surface area contributed by atoms with Crippen molar-refractivity contribution in [3.05, 3.63) is 70.2 Å². The first-order valence-corrected chi connectivity index (χ1v) is 11.3. The first-order chi connectivity index (χ1) is 15.5. The molecule has 3 aromatic rings. The highest BCUT2D eigenvalue weighted by Gasteiger charge is 2.22. The zero-order valence-electron chi connectivity index (χ0n) is 17.8. The van der Waals surface area contributed by atoms with Crippen molar-refractivity contribution in [2.24, 2.45) is 0 Å². The minimum absolute atomic E-state index is 0.0780. The molecule has 4 rings (SSSR count). The number of nitrogens with zero attached hydrogens (tertiary/aromatic N) is 4. The van der Waals surface area contributed by atoms with Gasteiger partial charge in [0.25, 0.3) is 5.91 Å². The maximum Gasteiger partial charge on any atom is 0.260 e. The Morgan fingerprint density at radius 1 is 0.969 bits per heavy atom. The van der Waals surface area contributed by atoms with Crippen LogP contribution in [-0.2, 0) is 11.2 Å². The number of benzene rings is 2. The van der Waals surface area contributed by atoms with Crippen molar-refractivity contribution < 1.29 is 9.53 Å². The summed E-state index contributed by atoms with van der Waals surface area (Å²) in [5.74, 6) is 1.14. The van der Waals surface area contributed by atoms with Crippen LogP contribution in [0.5, 0.6) is 5.75 Å². The predicted octanol–water partition coefficient (Wildman–Crippen LogP) is 4.74. The summed E-state index contributed by atoms with van der Waals surface area (Å²) in [5, 5.41) is 9.74. The maximum atomic E-state index is 12.5. The summed E-state index contributed by atoms with van der Waals surface area (Å²) < 4.78 is 5.57. The molecule has 2 heterocycles. The van der Waals surface area contributed by atoms with Gasteiger partial charge in [0.05, 0.1) is 10.7 Å². The van der Waals surface area contributed by atoms with E-state index in [2.05, 4.69) is 46.3 Å². The Balaban J connectivity index is 1.30. The van der Waals surface area contributed by atoms with Crippen molar-refractivity contribution in [1.29, 1.82) is 0 Å². The van der Waals surface area contributed by atoms with Crippen LogP contribution in [0.25, 0.3) is 11.3 Å². The average molecular weight is 471 g/mol. The molecule has 1 aromatic heterocycles. The van der Waals surface area contributed by atoms with E-state index in [1.54, 1.807) is 23.1 Å². The van der Waals surface area contributed by atoms with Gasteiger partial charge in [-0.1, -0.05) is 54.4 Å². The Morgan fingerprint density at radius 2 is 1.72 bits per heavy atom. The lowest BCUT2D eigenvalue weighted by Gasteiger charge is -2.35. The fourth-order valence-electron chi connectivity index (χ4n) is 3.56. The zero-order valence-corrected chi connectivity index (χ0v) is 19.3. The third-order valence-corrected chi connectivity index (χ3v) is 6.06. The van der Waals surface area contributed by atoms with Crippen LogP contribution in [-0.4, -0.2) is 53.8 Å². The Morgan fingerprint density at radius 3 is 2.38 bits per heavy atom. The maximum absolute atomic E-state index is 12.5. The number of piperazine rings is 1. The predicted molar refractivity (Wildman–Crippen MR) is 128 cm³/mol. The molecule has 1 amide bonds. The minimum Gasteiger partial charge on any atom is -0.482 e. The van der Waals surface area contributed by atoms with Gasteiger partial charge < -0.3 is 14.5 Å². The van der Waals surface area contributed by atoms with Gasteiger partial charge in [0.1, 0.15) is 5.75 Å². The molecule has 0 bridgehead atoms. The highest BCUT2D eigenvalue weighted by molar-refractivity contribution is 6.34. The molecule has 6 nitrogen and oxygen atoms in total. The Labute approximate surface area is 197 Å². The monoisotopic (exact) mass is 470 g/mol. The van der Waals surface area contributed by atoms with E-state index in [1.807, 2.05) is 12.1 Å². The fourth-order valence-corrected chi connectivity index (χ4v) is 3.90. The molecule has 0 aliphatic carbocycles. The number of carbonyl (C=O) groups is 1. The lowest BCUT2D eigenvalue weighted by atomic mass is 10.1. The van der Waals surface area contributed by atoms with E-state index in [9.17, 15) is 4.79 Å². The molecule has 0 N–H and O–H groups in total. The fraction of sp³-hybridized carbons (Fsp3) is 0.292. The standard InChI is InChI=1S/C24H24Cl2N4O2/c1-2-17-3-5-18(6-4-17)21-9-10-23(28-27-21)29-11-13-30(14-12-29)24(31)16-32-22-15-19(25)7-8-20(22)26/h3-10,15H,2,11-14,16H2,1H3. The lowest BCUT2D eigenvalue weighted by molar-refractivity contribution is -0.133. The highest BCUT2D eigenvalue weighted by Crippen LogP contribution is 2.27. The first-order valence-electron chi connectivity index (χ1n) is 10.6. The van der Waals surface area contributed by atoms with E-state index in [1.165, 1.54) is 5.56 Å². The number of aryl methyl sites for hydroxylation is 1. The van der Waals surface area contributed by atoms with Gasteiger partial charge >= 0.3 is 0 Å². The summed E-state index contributed by atoms with van der Waals surface area (Å²) in [4.78, 5) is 16.5. The van der Waals surface area contributed by atoms with Gasteiger partial charge in [0.2, 0.25) is 0 Å². The Bertz CT molecular complexity index is 1070. The van der Waals surface area contributed by atoms with Crippen molar-refractivity contribution in [1.82, 2.24) is 15.1 Å². The summed E-state index contributed by atoms with van der Waals surface area (Å²) in [6, 6.07) is 17.3. The number of carbonyl (C=O) groups excluding carboxylic acids is 1. The first kappa shape index (κ1) is 22.4. The average Bonchev–Trinajstić information content (AvgIpc) is 2.84. The zero-order chi connectivity index (χ0) is 22.5. The van der Waals surface area contributed by atoms with Gasteiger partial charge in [-0.25, -0.2) is 0 Å². The summed E-state index contributed by atoms with van der Waals surface area (Å²) in [7, 11) is 0. The van der Waals surface area contributed by atoms with Crippen LogP contribution in [0.4, 0.5) is 5.82 Å². The van der Waals surface area contributed by atoms with E-state index in [0.717, 1.165) is 23.5 Å². The molecule has 8 heteroatoms. The number of amides is 1. The molecule has 1 aliphatic rings. The van der Waals surface area contributed by atoms with E-state index in [0.29, 0.717) is 42.0 Å². The molecule has 0 spiro atoms. The second-order valence-corrected chi connectivity index (χ2v) is 8.40. The number of halogens is 2. The molecule has 1 aliphatic heterocycles. The van der Waals surface area contributed by atoms with Crippen molar-refractivity contribution >= 4 is 34.9 Å². The molecule has 1 saturated heterocycles. The van der Waals surface area contributed by atoms with Gasteiger partial charge in [0.15, 0.2) is 12.4 Å². The number of rotatable bonds is 6. The van der Waals surface area contributed by atoms with Gasteiger partial charge in [-0.3, -0.25) is 4.79 Å². The van der Waals surface area contributed by atoms with Crippen LogP contribution in [0.1, 0.15) is 12.5 Å². The normalized spacial score (nSPS) is 13.8. The third kappa shape index (κ3) is 5.31. The molecule has 0 unspecified atom stereocenters. The highest BCUT2D eigenvalue weighted by atomic mass is 35.5. The number of hydrogen-bond donors (Lipinski definition) is 0. The van der Waals surface area contributed by atoms with Gasteiger partial charge in [-0.15, -0.1) is 10.2 Å². The molecule has 0 radical (unpaired) electrons. The summed E-state index contributed by atoms with van der Waals surface area (Å²) in [5.41, 5.74) is 3.20. The molecule has 2 aromatic carbocycles. The SMILES string of the molecule is CCc1ccc(-c2ccc(N3CCN(C(=O)COc4cc(Cl)ccc4Cl)CC3)nn2)cc1. The quantitative estimate of drug-likeness (QED) is 0.520. The van der Waals surface area contributed by atoms with Crippen molar-refractivity contribution in [2.75, 3.05) is 37.7 Å². The van der Waals surface area contributed by atoms with Gasteiger partial charge in [0, 0.05) is 42.8 Å². The van der Waals surface area contributed by atoms with Crippen LogP contribution < -0.4 is 9.64 Å².